The standard InChI is InChI=1S/C32H42N2O7/c1-39-23-28-30(25-13-7-3-8-14-25)41-32(38)27(21-24-11-5-2-6-12-24)16-10-4-9-15-26(31(37)34-28)22-29(36)33-17-19-40-20-18-35/h2-9,11-14,26-28,30,35H,10,15-23H2,1H3,(H,33,36)(H,34,37)/t26-,27-,28+,30+/m1/s1. The van der Waals surface area contributed by atoms with Crippen molar-refractivity contribution in [3.8, 4) is 0 Å². The molecule has 9 heteroatoms. The fourth-order valence-corrected chi connectivity index (χ4v) is 4.82. The van der Waals surface area contributed by atoms with Gasteiger partial charge in [-0.25, -0.2) is 0 Å². The fraction of sp³-hybridized carbons (Fsp3) is 0.469. The number of carbonyl (C=O) groups is 3. The number of ether oxygens (including phenoxy) is 3. The maximum absolute atomic E-state index is 13.6. The normalized spacial score (nSPS) is 22.0. The first-order valence-corrected chi connectivity index (χ1v) is 14.2. The molecule has 1 aliphatic rings. The molecule has 1 heterocycles. The van der Waals surface area contributed by atoms with Gasteiger partial charge in [-0.1, -0.05) is 72.8 Å². The minimum absolute atomic E-state index is 0.0116. The first-order chi connectivity index (χ1) is 20.0. The molecular formula is C32H42N2O7. The lowest BCUT2D eigenvalue weighted by Gasteiger charge is -2.30. The summed E-state index contributed by atoms with van der Waals surface area (Å²) in [5.74, 6) is -1.92. The zero-order chi connectivity index (χ0) is 29.3. The van der Waals surface area contributed by atoms with Gasteiger partial charge < -0.3 is 30.0 Å². The van der Waals surface area contributed by atoms with Gasteiger partial charge in [0, 0.05) is 20.1 Å². The number of hydrogen-bond donors (Lipinski definition) is 3. The number of hydrogen-bond acceptors (Lipinski definition) is 7. The van der Waals surface area contributed by atoms with E-state index in [-0.39, 0.29) is 63.1 Å². The van der Waals surface area contributed by atoms with E-state index in [0.29, 0.717) is 25.7 Å². The molecule has 0 aliphatic carbocycles. The van der Waals surface area contributed by atoms with Crippen LogP contribution in [0, 0.1) is 11.8 Å². The van der Waals surface area contributed by atoms with Gasteiger partial charge in [-0.15, -0.1) is 0 Å². The van der Waals surface area contributed by atoms with E-state index in [0.717, 1.165) is 11.1 Å². The van der Waals surface area contributed by atoms with E-state index >= 15 is 0 Å². The van der Waals surface area contributed by atoms with Crippen LogP contribution in [0.3, 0.4) is 0 Å². The number of allylic oxidation sites excluding steroid dienone is 2. The minimum Gasteiger partial charge on any atom is -0.455 e. The van der Waals surface area contributed by atoms with Crippen LogP contribution in [-0.2, 0) is 35.0 Å². The Bertz CT molecular complexity index is 1090. The number of nitrogens with one attached hydrogen (secondary N) is 2. The van der Waals surface area contributed by atoms with Crippen molar-refractivity contribution >= 4 is 17.8 Å². The monoisotopic (exact) mass is 566 g/mol. The van der Waals surface area contributed by atoms with Crippen LogP contribution in [0.15, 0.2) is 72.8 Å². The topological polar surface area (TPSA) is 123 Å². The SMILES string of the molecule is COC[C@@H]1NC(=O)[C@@H](CC(=O)NCCOCCO)CC=CCC[C@H](Cc2ccccc2)C(=O)O[C@H]1c1ccccc1. The first-order valence-electron chi connectivity index (χ1n) is 14.2. The first kappa shape index (κ1) is 32.0. The van der Waals surface area contributed by atoms with Gasteiger partial charge in [-0.05, 0) is 36.8 Å². The summed E-state index contributed by atoms with van der Waals surface area (Å²) < 4.78 is 16.8. The third kappa shape index (κ3) is 11.1. The van der Waals surface area contributed by atoms with Gasteiger partial charge in [0.2, 0.25) is 11.8 Å². The molecule has 0 spiro atoms. The van der Waals surface area contributed by atoms with E-state index in [1.807, 2.05) is 72.8 Å². The quantitative estimate of drug-likeness (QED) is 0.205. The molecule has 2 amide bonds. The van der Waals surface area contributed by atoms with Gasteiger partial charge in [0.15, 0.2) is 0 Å². The van der Waals surface area contributed by atoms with Crippen molar-refractivity contribution < 1.29 is 33.7 Å². The number of esters is 1. The predicted octanol–water partition coefficient (Wildman–Crippen LogP) is 3.13. The molecule has 0 radical (unpaired) electrons. The Morgan fingerprint density at radius 2 is 1.76 bits per heavy atom. The molecule has 1 aliphatic heterocycles. The molecule has 3 rings (SSSR count). The summed E-state index contributed by atoms with van der Waals surface area (Å²) in [6.45, 7) is 0.777. The van der Waals surface area contributed by atoms with Crippen molar-refractivity contribution in [2.45, 2.75) is 44.2 Å². The number of methoxy groups -OCH3 is 1. The Kier molecular flexibility index (Phi) is 14.1. The van der Waals surface area contributed by atoms with Crippen molar-refractivity contribution in [1.82, 2.24) is 10.6 Å². The molecule has 0 aromatic heterocycles. The average molecular weight is 567 g/mol. The van der Waals surface area contributed by atoms with E-state index in [1.165, 1.54) is 7.11 Å². The molecule has 2 aromatic carbocycles. The minimum atomic E-state index is -0.780. The highest BCUT2D eigenvalue weighted by Gasteiger charge is 2.33. The zero-order valence-corrected chi connectivity index (χ0v) is 23.7. The smallest absolute Gasteiger partial charge is 0.309 e. The molecule has 4 atom stereocenters. The van der Waals surface area contributed by atoms with Crippen LogP contribution in [0.25, 0.3) is 0 Å². The second kappa shape index (κ2) is 18.0. The molecule has 222 valence electrons. The highest BCUT2D eigenvalue weighted by atomic mass is 16.5. The number of aliphatic hydroxyl groups is 1. The third-order valence-electron chi connectivity index (χ3n) is 6.94. The van der Waals surface area contributed by atoms with Gasteiger partial charge in [0.25, 0.3) is 0 Å². The molecule has 3 N–H and O–H groups in total. The number of cyclic esters (lactones) is 1. The zero-order valence-electron chi connectivity index (χ0n) is 23.7. The highest BCUT2D eigenvalue weighted by Crippen LogP contribution is 2.27. The van der Waals surface area contributed by atoms with Crippen molar-refractivity contribution in [1.29, 1.82) is 0 Å². The van der Waals surface area contributed by atoms with E-state index in [4.69, 9.17) is 19.3 Å². The molecule has 41 heavy (non-hydrogen) atoms. The van der Waals surface area contributed by atoms with Gasteiger partial charge in [-0.2, -0.15) is 0 Å². The van der Waals surface area contributed by atoms with Gasteiger partial charge in [-0.3, -0.25) is 14.4 Å². The maximum atomic E-state index is 13.6. The van der Waals surface area contributed by atoms with Crippen molar-refractivity contribution in [3.63, 3.8) is 0 Å². The molecule has 2 aromatic rings. The van der Waals surface area contributed by atoms with Crippen molar-refractivity contribution in [2.75, 3.05) is 40.1 Å². The molecule has 0 bridgehead atoms. The lowest BCUT2D eigenvalue weighted by molar-refractivity contribution is -0.158. The van der Waals surface area contributed by atoms with Crippen molar-refractivity contribution in [2.24, 2.45) is 11.8 Å². The lowest BCUT2D eigenvalue weighted by Crippen LogP contribution is -2.47. The Hall–Kier alpha value is -3.53. The summed E-state index contributed by atoms with van der Waals surface area (Å²) in [7, 11) is 1.53. The van der Waals surface area contributed by atoms with Crippen LogP contribution in [0.5, 0.6) is 0 Å². The van der Waals surface area contributed by atoms with Crippen LogP contribution >= 0.6 is 0 Å². The predicted molar refractivity (Wildman–Crippen MR) is 155 cm³/mol. The highest BCUT2D eigenvalue weighted by molar-refractivity contribution is 5.86. The van der Waals surface area contributed by atoms with E-state index < -0.39 is 18.1 Å². The number of carbonyl (C=O) groups excluding carboxylic acids is 3. The fourth-order valence-electron chi connectivity index (χ4n) is 4.82. The molecule has 0 saturated heterocycles. The summed E-state index contributed by atoms with van der Waals surface area (Å²) in [5, 5.41) is 14.6. The molecule has 0 unspecified atom stereocenters. The summed E-state index contributed by atoms with van der Waals surface area (Å²) >= 11 is 0. The Balaban J connectivity index is 1.84. The van der Waals surface area contributed by atoms with Gasteiger partial charge >= 0.3 is 5.97 Å². The summed E-state index contributed by atoms with van der Waals surface area (Å²) in [6.07, 6.45) is 5.21. The summed E-state index contributed by atoms with van der Waals surface area (Å²) in [6, 6.07) is 18.5. The summed E-state index contributed by atoms with van der Waals surface area (Å²) in [5.41, 5.74) is 1.79. The van der Waals surface area contributed by atoms with Crippen LogP contribution in [0.4, 0.5) is 0 Å². The Labute approximate surface area is 242 Å². The number of amides is 2. The van der Waals surface area contributed by atoms with E-state index in [2.05, 4.69) is 10.6 Å². The molecule has 9 nitrogen and oxygen atoms in total. The van der Waals surface area contributed by atoms with Crippen LogP contribution in [0.2, 0.25) is 0 Å². The van der Waals surface area contributed by atoms with Crippen molar-refractivity contribution in [3.05, 3.63) is 83.9 Å². The van der Waals surface area contributed by atoms with Crippen LogP contribution in [0.1, 0.15) is 42.9 Å². The second-order valence-electron chi connectivity index (χ2n) is 10.1. The average Bonchev–Trinajstić information content (AvgIpc) is 2.99. The third-order valence-corrected chi connectivity index (χ3v) is 6.94. The Morgan fingerprint density at radius 3 is 2.46 bits per heavy atom. The largest absolute Gasteiger partial charge is 0.455 e. The maximum Gasteiger partial charge on any atom is 0.309 e. The number of aliphatic hydroxyl groups excluding tert-OH is 1. The number of benzene rings is 2. The second-order valence-corrected chi connectivity index (χ2v) is 10.1. The van der Waals surface area contributed by atoms with Gasteiger partial charge in [0.05, 0.1) is 44.3 Å². The summed E-state index contributed by atoms with van der Waals surface area (Å²) in [4.78, 5) is 39.8. The lowest BCUT2D eigenvalue weighted by atomic mass is 9.94. The molecule has 0 fully saturated rings. The van der Waals surface area contributed by atoms with E-state index in [1.54, 1.807) is 0 Å². The van der Waals surface area contributed by atoms with E-state index in [9.17, 15) is 14.4 Å². The van der Waals surface area contributed by atoms with Gasteiger partial charge in [0.1, 0.15) is 6.10 Å². The number of rotatable bonds is 12. The van der Waals surface area contributed by atoms with Crippen LogP contribution < -0.4 is 10.6 Å². The van der Waals surface area contributed by atoms with Crippen LogP contribution in [-0.4, -0.2) is 69.0 Å². The Morgan fingerprint density at radius 1 is 1.02 bits per heavy atom. The molecular weight excluding hydrogens is 524 g/mol. The molecule has 0 saturated carbocycles.